The van der Waals surface area contributed by atoms with Gasteiger partial charge in [-0.1, -0.05) is 13.0 Å². The summed E-state index contributed by atoms with van der Waals surface area (Å²) >= 11 is 0. The van der Waals surface area contributed by atoms with Gasteiger partial charge in [0.15, 0.2) is 0 Å². The molecule has 1 unspecified atom stereocenters. The first-order chi connectivity index (χ1) is 8.54. The molecule has 0 saturated carbocycles. The number of hydrogen-bond donors (Lipinski definition) is 2. The fourth-order valence-electron chi connectivity index (χ4n) is 1.63. The van der Waals surface area contributed by atoms with Crippen LogP contribution >= 0.6 is 0 Å². The molecule has 0 aliphatic carbocycles. The van der Waals surface area contributed by atoms with Crippen molar-refractivity contribution in [2.24, 2.45) is 5.73 Å². The Kier molecular flexibility index (Phi) is 5.58. The normalized spacial score (nSPS) is 12.2. The second-order valence-corrected chi connectivity index (χ2v) is 4.03. The number of nitrogens with two attached hydrogens (primary N) is 1. The molecule has 0 radical (unpaired) electrons. The van der Waals surface area contributed by atoms with E-state index in [0.29, 0.717) is 11.3 Å². The fraction of sp³-hybridized carbons (Fsp3) is 0.462. The topological polar surface area (TPSA) is 64.3 Å². The highest BCUT2D eigenvalue weighted by Crippen LogP contribution is 2.21. The molecule has 0 heterocycles. The van der Waals surface area contributed by atoms with Gasteiger partial charge in [-0.25, -0.2) is 4.39 Å². The van der Waals surface area contributed by atoms with Gasteiger partial charge in [-0.2, -0.15) is 0 Å². The van der Waals surface area contributed by atoms with E-state index in [9.17, 15) is 9.18 Å². The highest BCUT2D eigenvalue weighted by Gasteiger charge is 2.10. The van der Waals surface area contributed by atoms with E-state index in [4.69, 9.17) is 10.5 Å². The van der Waals surface area contributed by atoms with E-state index in [1.165, 1.54) is 6.07 Å². The second-order valence-electron chi connectivity index (χ2n) is 4.03. The lowest BCUT2D eigenvalue weighted by Crippen LogP contribution is -2.19. The SMILES string of the molecule is CCNC(C)c1ccc(OCCC(N)=O)cc1F. The van der Waals surface area contributed by atoms with E-state index in [-0.39, 0.29) is 24.9 Å². The zero-order chi connectivity index (χ0) is 13.5. The summed E-state index contributed by atoms with van der Waals surface area (Å²) < 4.78 is 19.0. The molecule has 5 heteroatoms. The molecule has 100 valence electrons. The van der Waals surface area contributed by atoms with E-state index in [1.807, 2.05) is 13.8 Å². The van der Waals surface area contributed by atoms with Crippen LogP contribution in [-0.2, 0) is 4.79 Å². The van der Waals surface area contributed by atoms with Crippen LogP contribution in [0.4, 0.5) is 4.39 Å². The van der Waals surface area contributed by atoms with Crippen molar-refractivity contribution in [3.8, 4) is 5.75 Å². The number of nitrogens with one attached hydrogen (secondary N) is 1. The van der Waals surface area contributed by atoms with Gasteiger partial charge in [0.1, 0.15) is 11.6 Å². The van der Waals surface area contributed by atoms with Gasteiger partial charge in [0.25, 0.3) is 0 Å². The van der Waals surface area contributed by atoms with Crippen LogP contribution < -0.4 is 15.8 Å². The quantitative estimate of drug-likeness (QED) is 0.779. The number of amides is 1. The lowest BCUT2D eigenvalue weighted by Gasteiger charge is -2.14. The molecule has 0 bridgehead atoms. The summed E-state index contributed by atoms with van der Waals surface area (Å²) in [5, 5.41) is 3.14. The number of hydrogen-bond acceptors (Lipinski definition) is 3. The summed E-state index contributed by atoms with van der Waals surface area (Å²) in [6.45, 7) is 4.81. The number of rotatable bonds is 7. The summed E-state index contributed by atoms with van der Waals surface area (Å²) in [6, 6.07) is 4.65. The number of ether oxygens (including phenoxy) is 1. The third-order valence-electron chi connectivity index (χ3n) is 2.57. The molecule has 1 amide bonds. The third-order valence-corrected chi connectivity index (χ3v) is 2.57. The summed E-state index contributed by atoms with van der Waals surface area (Å²) in [5.41, 5.74) is 5.58. The Bertz CT molecular complexity index is 410. The molecule has 3 N–H and O–H groups in total. The minimum absolute atomic E-state index is 0.0466. The minimum Gasteiger partial charge on any atom is -0.493 e. The molecular weight excluding hydrogens is 235 g/mol. The number of benzene rings is 1. The zero-order valence-electron chi connectivity index (χ0n) is 10.7. The molecule has 1 aromatic carbocycles. The van der Waals surface area contributed by atoms with Crippen LogP contribution in [0.25, 0.3) is 0 Å². The lowest BCUT2D eigenvalue weighted by atomic mass is 10.1. The van der Waals surface area contributed by atoms with Crippen molar-refractivity contribution in [3.05, 3.63) is 29.6 Å². The van der Waals surface area contributed by atoms with Crippen LogP contribution in [0.3, 0.4) is 0 Å². The predicted octanol–water partition coefficient (Wildman–Crippen LogP) is 1.75. The molecule has 0 saturated heterocycles. The Morgan fingerprint density at radius 1 is 1.56 bits per heavy atom. The van der Waals surface area contributed by atoms with E-state index in [1.54, 1.807) is 12.1 Å². The second kappa shape index (κ2) is 6.96. The third kappa shape index (κ3) is 4.33. The minimum atomic E-state index is -0.437. The molecule has 4 nitrogen and oxygen atoms in total. The summed E-state index contributed by atoms with van der Waals surface area (Å²) in [4.78, 5) is 10.5. The van der Waals surface area contributed by atoms with Crippen molar-refractivity contribution in [2.75, 3.05) is 13.2 Å². The maximum atomic E-state index is 13.8. The van der Waals surface area contributed by atoms with Crippen molar-refractivity contribution in [1.82, 2.24) is 5.32 Å². The number of carbonyl (C=O) groups is 1. The molecule has 0 fully saturated rings. The molecule has 0 spiro atoms. The first kappa shape index (κ1) is 14.4. The van der Waals surface area contributed by atoms with Crippen molar-refractivity contribution < 1.29 is 13.9 Å². The Balaban J connectivity index is 2.64. The van der Waals surface area contributed by atoms with Crippen molar-refractivity contribution >= 4 is 5.91 Å². The highest BCUT2D eigenvalue weighted by atomic mass is 19.1. The Labute approximate surface area is 106 Å². The van der Waals surface area contributed by atoms with Gasteiger partial charge in [0.05, 0.1) is 13.0 Å². The van der Waals surface area contributed by atoms with Crippen molar-refractivity contribution in [3.63, 3.8) is 0 Å². The average molecular weight is 254 g/mol. The number of halogens is 1. The smallest absolute Gasteiger partial charge is 0.220 e. The van der Waals surface area contributed by atoms with E-state index in [0.717, 1.165) is 6.54 Å². The van der Waals surface area contributed by atoms with Crippen LogP contribution in [-0.4, -0.2) is 19.1 Å². The van der Waals surface area contributed by atoms with Gasteiger partial charge in [-0.3, -0.25) is 4.79 Å². The molecule has 0 aromatic heterocycles. The molecule has 0 aliphatic heterocycles. The Morgan fingerprint density at radius 2 is 2.28 bits per heavy atom. The maximum absolute atomic E-state index is 13.8. The van der Waals surface area contributed by atoms with Crippen LogP contribution in [0.5, 0.6) is 5.75 Å². The maximum Gasteiger partial charge on any atom is 0.220 e. The summed E-state index contributed by atoms with van der Waals surface area (Å²) in [7, 11) is 0. The summed E-state index contributed by atoms with van der Waals surface area (Å²) in [5.74, 6) is -0.353. The van der Waals surface area contributed by atoms with Crippen LogP contribution in [0.2, 0.25) is 0 Å². The first-order valence-corrected chi connectivity index (χ1v) is 5.98. The predicted molar refractivity (Wildman–Crippen MR) is 67.8 cm³/mol. The van der Waals surface area contributed by atoms with Crippen LogP contribution in [0, 0.1) is 5.82 Å². The molecule has 1 atom stereocenters. The standard InChI is InChI=1S/C13H19FN2O2/c1-3-16-9(2)11-5-4-10(8-12(11)14)18-7-6-13(15)17/h4-5,8-9,16H,3,6-7H2,1-2H3,(H2,15,17). The van der Waals surface area contributed by atoms with Gasteiger partial charge in [0.2, 0.25) is 5.91 Å². The van der Waals surface area contributed by atoms with Gasteiger partial charge >= 0.3 is 0 Å². The zero-order valence-corrected chi connectivity index (χ0v) is 10.7. The average Bonchev–Trinajstić information content (AvgIpc) is 2.28. The van der Waals surface area contributed by atoms with Crippen molar-refractivity contribution in [1.29, 1.82) is 0 Å². The van der Waals surface area contributed by atoms with Gasteiger partial charge in [0, 0.05) is 17.7 Å². The molecular formula is C13H19FN2O2. The first-order valence-electron chi connectivity index (χ1n) is 5.98. The number of primary amides is 1. The monoisotopic (exact) mass is 254 g/mol. The lowest BCUT2D eigenvalue weighted by molar-refractivity contribution is -0.118. The van der Waals surface area contributed by atoms with Crippen LogP contribution in [0.1, 0.15) is 31.9 Å². The van der Waals surface area contributed by atoms with Crippen LogP contribution in [0.15, 0.2) is 18.2 Å². The van der Waals surface area contributed by atoms with E-state index < -0.39 is 5.91 Å². The molecule has 18 heavy (non-hydrogen) atoms. The van der Waals surface area contributed by atoms with E-state index in [2.05, 4.69) is 5.32 Å². The Morgan fingerprint density at radius 3 is 2.83 bits per heavy atom. The van der Waals surface area contributed by atoms with Gasteiger partial charge in [-0.15, -0.1) is 0 Å². The Hall–Kier alpha value is -1.62. The molecule has 1 rings (SSSR count). The molecule has 0 aliphatic rings. The van der Waals surface area contributed by atoms with Crippen molar-refractivity contribution in [2.45, 2.75) is 26.3 Å². The van der Waals surface area contributed by atoms with E-state index >= 15 is 0 Å². The summed E-state index contributed by atoms with van der Waals surface area (Å²) in [6.07, 6.45) is 0.122. The van der Waals surface area contributed by atoms with Gasteiger partial charge in [-0.05, 0) is 19.5 Å². The number of carbonyl (C=O) groups excluding carboxylic acids is 1. The highest BCUT2D eigenvalue weighted by molar-refractivity contribution is 5.73. The largest absolute Gasteiger partial charge is 0.493 e. The molecule has 1 aromatic rings. The fourth-order valence-corrected chi connectivity index (χ4v) is 1.63. The van der Waals surface area contributed by atoms with Gasteiger partial charge < -0.3 is 15.8 Å².